The van der Waals surface area contributed by atoms with Crippen molar-refractivity contribution < 1.29 is 14.3 Å². The van der Waals surface area contributed by atoms with E-state index in [9.17, 15) is 9.18 Å². The van der Waals surface area contributed by atoms with Crippen LogP contribution < -0.4 is 0 Å². The van der Waals surface area contributed by atoms with E-state index < -0.39 is 12.1 Å². The average Bonchev–Trinajstić information content (AvgIpc) is 1.82. The lowest BCUT2D eigenvalue weighted by Gasteiger charge is -1.98. The second kappa shape index (κ2) is 4.30. The van der Waals surface area contributed by atoms with E-state index in [0.717, 1.165) is 6.42 Å². The number of unbranched alkanes of at least 4 members (excludes halogenated alkanes) is 1. The van der Waals surface area contributed by atoms with Crippen LogP contribution in [0.1, 0.15) is 26.2 Å². The monoisotopic (exact) mass is 134 g/mol. The van der Waals surface area contributed by atoms with Gasteiger partial charge < -0.3 is 5.11 Å². The predicted octanol–water partition coefficient (Wildman–Crippen LogP) is 1.60. The Morgan fingerprint density at radius 2 is 2.33 bits per heavy atom. The van der Waals surface area contributed by atoms with E-state index in [1.807, 2.05) is 6.92 Å². The van der Waals surface area contributed by atoms with Crippen LogP contribution in [0.2, 0.25) is 0 Å². The fourth-order valence-corrected chi connectivity index (χ4v) is 0.507. The molecule has 3 heteroatoms. The number of carboxylic acids is 1. The van der Waals surface area contributed by atoms with Gasteiger partial charge in [0.25, 0.3) is 0 Å². The molecule has 0 bridgehead atoms. The summed E-state index contributed by atoms with van der Waals surface area (Å²) in [6.45, 7) is 1.90. The number of hydrogen-bond acceptors (Lipinski definition) is 1. The predicted molar refractivity (Wildman–Crippen MR) is 32.1 cm³/mol. The molecule has 1 N–H and O–H groups in total. The summed E-state index contributed by atoms with van der Waals surface area (Å²) < 4.78 is 12.1. The molecule has 0 saturated heterocycles. The van der Waals surface area contributed by atoms with Gasteiger partial charge in [-0.15, -0.1) is 0 Å². The van der Waals surface area contributed by atoms with E-state index in [2.05, 4.69) is 0 Å². The van der Waals surface area contributed by atoms with Crippen molar-refractivity contribution >= 4 is 5.97 Å². The maximum absolute atomic E-state index is 12.1. The summed E-state index contributed by atoms with van der Waals surface area (Å²) in [5.74, 6) is -1.34. The molecule has 0 aromatic heterocycles. The molecular weight excluding hydrogens is 123 g/mol. The zero-order chi connectivity index (χ0) is 7.28. The number of carboxylic acid groups (broad SMARTS) is 1. The molecule has 0 aliphatic heterocycles. The molecule has 0 aromatic carbocycles. The van der Waals surface area contributed by atoms with Gasteiger partial charge in [-0.1, -0.05) is 19.8 Å². The minimum Gasteiger partial charge on any atom is -0.479 e. The fraction of sp³-hybridized carbons (Fsp3) is 0.833. The van der Waals surface area contributed by atoms with Crippen molar-refractivity contribution in [3.8, 4) is 0 Å². The molecule has 0 amide bonds. The minimum atomic E-state index is -1.66. The number of hydrogen-bond donors (Lipinski definition) is 1. The van der Waals surface area contributed by atoms with Gasteiger partial charge in [0.1, 0.15) is 0 Å². The second-order valence-electron chi connectivity index (χ2n) is 1.95. The third-order valence-electron chi connectivity index (χ3n) is 1.08. The number of halogens is 1. The Morgan fingerprint density at radius 3 is 2.67 bits per heavy atom. The third-order valence-corrected chi connectivity index (χ3v) is 1.08. The van der Waals surface area contributed by atoms with E-state index in [-0.39, 0.29) is 6.42 Å². The van der Waals surface area contributed by atoms with E-state index in [0.29, 0.717) is 6.42 Å². The van der Waals surface area contributed by atoms with Crippen molar-refractivity contribution in [1.29, 1.82) is 0 Å². The van der Waals surface area contributed by atoms with Crippen LogP contribution in [0.15, 0.2) is 0 Å². The van der Waals surface area contributed by atoms with Crippen LogP contribution in [0.5, 0.6) is 0 Å². The molecular formula is C6H11FO2. The van der Waals surface area contributed by atoms with Crippen LogP contribution >= 0.6 is 0 Å². The van der Waals surface area contributed by atoms with Crippen LogP contribution in [0.3, 0.4) is 0 Å². The molecule has 0 heterocycles. The van der Waals surface area contributed by atoms with E-state index in [1.54, 1.807) is 0 Å². The van der Waals surface area contributed by atoms with Gasteiger partial charge in [-0.25, -0.2) is 9.18 Å². The summed E-state index contributed by atoms with van der Waals surface area (Å²) in [6.07, 6.45) is -0.0301. The normalized spacial score (nSPS) is 13.1. The first kappa shape index (κ1) is 8.40. The highest BCUT2D eigenvalue weighted by atomic mass is 19.1. The lowest BCUT2D eigenvalue weighted by molar-refractivity contribution is -0.143. The first-order chi connectivity index (χ1) is 4.18. The Kier molecular flexibility index (Phi) is 4.01. The van der Waals surface area contributed by atoms with Gasteiger partial charge in [-0.2, -0.15) is 0 Å². The molecule has 0 unspecified atom stereocenters. The Hall–Kier alpha value is -0.600. The molecule has 0 rings (SSSR count). The lowest BCUT2D eigenvalue weighted by Crippen LogP contribution is -2.13. The zero-order valence-corrected chi connectivity index (χ0v) is 5.43. The number of alkyl halides is 1. The van der Waals surface area contributed by atoms with Crippen molar-refractivity contribution in [2.24, 2.45) is 0 Å². The van der Waals surface area contributed by atoms with Crippen LogP contribution in [0.4, 0.5) is 4.39 Å². The maximum Gasteiger partial charge on any atom is 0.338 e. The molecule has 1 atom stereocenters. The zero-order valence-electron chi connectivity index (χ0n) is 5.43. The van der Waals surface area contributed by atoms with Crippen LogP contribution in [0.25, 0.3) is 0 Å². The lowest BCUT2D eigenvalue weighted by atomic mass is 10.2. The minimum absolute atomic E-state index is 0.145. The molecule has 0 aromatic rings. The van der Waals surface area contributed by atoms with Gasteiger partial charge in [-0.05, 0) is 6.42 Å². The van der Waals surface area contributed by atoms with Crippen LogP contribution in [-0.4, -0.2) is 17.2 Å². The van der Waals surface area contributed by atoms with Crippen molar-refractivity contribution in [1.82, 2.24) is 0 Å². The number of carbonyl (C=O) groups is 1. The SMILES string of the molecule is CCCC[C@@H](F)C(=O)O. The van der Waals surface area contributed by atoms with Crippen LogP contribution in [0, 0.1) is 0 Å². The molecule has 0 radical (unpaired) electrons. The Labute approximate surface area is 53.7 Å². The molecule has 54 valence electrons. The smallest absolute Gasteiger partial charge is 0.338 e. The van der Waals surface area contributed by atoms with Gasteiger partial charge in [0.15, 0.2) is 6.17 Å². The Bertz CT molecular complexity index is 93.1. The molecule has 0 fully saturated rings. The molecule has 9 heavy (non-hydrogen) atoms. The maximum atomic E-state index is 12.1. The number of rotatable bonds is 4. The molecule has 2 nitrogen and oxygen atoms in total. The quantitative estimate of drug-likeness (QED) is 0.634. The summed E-state index contributed by atoms with van der Waals surface area (Å²) in [4.78, 5) is 9.83. The highest BCUT2D eigenvalue weighted by Gasteiger charge is 2.13. The second-order valence-corrected chi connectivity index (χ2v) is 1.95. The van der Waals surface area contributed by atoms with Crippen molar-refractivity contribution in [3.63, 3.8) is 0 Å². The third kappa shape index (κ3) is 3.94. The Morgan fingerprint density at radius 1 is 1.78 bits per heavy atom. The average molecular weight is 134 g/mol. The van der Waals surface area contributed by atoms with Crippen molar-refractivity contribution in [3.05, 3.63) is 0 Å². The van der Waals surface area contributed by atoms with E-state index in [4.69, 9.17) is 5.11 Å². The summed E-state index contributed by atoms with van der Waals surface area (Å²) in [6, 6.07) is 0. The van der Waals surface area contributed by atoms with E-state index in [1.165, 1.54) is 0 Å². The molecule has 0 spiro atoms. The fourth-order valence-electron chi connectivity index (χ4n) is 0.507. The van der Waals surface area contributed by atoms with Gasteiger partial charge in [0.2, 0.25) is 0 Å². The van der Waals surface area contributed by atoms with Crippen molar-refractivity contribution in [2.45, 2.75) is 32.4 Å². The largest absolute Gasteiger partial charge is 0.479 e. The molecule has 0 saturated carbocycles. The summed E-state index contributed by atoms with van der Waals surface area (Å²) >= 11 is 0. The van der Waals surface area contributed by atoms with Crippen LogP contribution in [-0.2, 0) is 4.79 Å². The molecule has 0 aliphatic rings. The van der Waals surface area contributed by atoms with Gasteiger partial charge in [-0.3, -0.25) is 0 Å². The first-order valence-electron chi connectivity index (χ1n) is 3.05. The Balaban J connectivity index is 3.27. The highest BCUT2D eigenvalue weighted by Crippen LogP contribution is 2.03. The van der Waals surface area contributed by atoms with Gasteiger partial charge in [0.05, 0.1) is 0 Å². The summed E-state index contributed by atoms with van der Waals surface area (Å²) in [5.41, 5.74) is 0. The van der Waals surface area contributed by atoms with Gasteiger partial charge in [0, 0.05) is 0 Å². The summed E-state index contributed by atoms with van der Waals surface area (Å²) in [5, 5.41) is 8.03. The summed E-state index contributed by atoms with van der Waals surface area (Å²) in [7, 11) is 0. The topological polar surface area (TPSA) is 37.3 Å². The van der Waals surface area contributed by atoms with Crippen molar-refractivity contribution in [2.75, 3.05) is 0 Å². The number of aliphatic carboxylic acids is 1. The first-order valence-corrected chi connectivity index (χ1v) is 3.05. The van der Waals surface area contributed by atoms with Gasteiger partial charge >= 0.3 is 5.97 Å². The molecule has 0 aliphatic carbocycles. The standard InChI is InChI=1S/C6H11FO2/c1-2-3-4-5(7)6(8)9/h5H,2-4H2,1H3,(H,8,9)/t5-/m1/s1. The highest BCUT2D eigenvalue weighted by molar-refractivity contribution is 5.71. The van der Waals surface area contributed by atoms with E-state index >= 15 is 0 Å².